The molecule has 0 aliphatic heterocycles. The van der Waals surface area contributed by atoms with Crippen LogP contribution < -0.4 is 5.32 Å². The zero-order valence-electron chi connectivity index (χ0n) is 16.4. The van der Waals surface area contributed by atoms with E-state index in [2.05, 4.69) is 31.1 Å². The quantitative estimate of drug-likeness (QED) is 0.520. The van der Waals surface area contributed by atoms with E-state index in [0.717, 1.165) is 44.3 Å². The molecule has 0 fully saturated rings. The zero-order chi connectivity index (χ0) is 19.6. The van der Waals surface area contributed by atoms with Crippen molar-refractivity contribution in [2.24, 2.45) is 0 Å². The van der Waals surface area contributed by atoms with Gasteiger partial charge in [-0.1, -0.05) is 39.2 Å². The maximum Gasteiger partial charge on any atom is 0.267 e. The first-order valence-electron chi connectivity index (χ1n) is 9.63. The minimum Gasteiger partial charge on any atom is -0.340 e. The number of thiazole rings is 1. The van der Waals surface area contributed by atoms with Crippen LogP contribution in [0.4, 0.5) is 5.13 Å². The molecular formula is C20H29N3O2S2. The summed E-state index contributed by atoms with van der Waals surface area (Å²) >= 11 is 2.75. The number of carbonyl (C=O) groups is 2. The number of carbonyl (C=O) groups excluding carboxylic acids is 2. The molecule has 2 aromatic rings. The number of anilines is 1. The standard InChI is InChI=1S/C20H29N3O2S2/c1-4-6-7-11-23(15(3)9-5-2)18(24)13-16-14-27-20(21-16)22-19(25)17-10-8-12-26-17/h8,10,12,14-15H,4-7,9,11,13H2,1-3H3,(H,21,22,25). The van der Waals surface area contributed by atoms with Crippen LogP contribution in [0.2, 0.25) is 0 Å². The van der Waals surface area contributed by atoms with Crippen LogP contribution in [-0.2, 0) is 11.2 Å². The third-order valence-electron chi connectivity index (χ3n) is 4.41. The lowest BCUT2D eigenvalue weighted by molar-refractivity contribution is -0.132. The molecule has 0 radical (unpaired) electrons. The van der Waals surface area contributed by atoms with Crippen LogP contribution in [0.1, 0.15) is 68.2 Å². The normalized spacial score (nSPS) is 12.0. The van der Waals surface area contributed by atoms with Crippen molar-refractivity contribution in [2.75, 3.05) is 11.9 Å². The molecule has 0 aliphatic carbocycles. The summed E-state index contributed by atoms with van der Waals surface area (Å²) in [5, 5.41) is 7.07. The van der Waals surface area contributed by atoms with Gasteiger partial charge in [-0.25, -0.2) is 4.98 Å². The molecule has 1 atom stereocenters. The van der Waals surface area contributed by atoms with E-state index >= 15 is 0 Å². The summed E-state index contributed by atoms with van der Waals surface area (Å²) in [5.41, 5.74) is 0.718. The lowest BCUT2D eigenvalue weighted by atomic mass is 10.1. The van der Waals surface area contributed by atoms with Crippen LogP contribution in [0.5, 0.6) is 0 Å². The second-order valence-electron chi connectivity index (χ2n) is 6.68. The number of nitrogens with zero attached hydrogens (tertiary/aromatic N) is 2. The van der Waals surface area contributed by atoms with Gasteiger partial charge in [-0.15, -0.1) is 22.7 Å². The highest BCUT2D eigenvalue weighted by molar-refractivity contribution is 7.14. The highest BCUT2D eigenvalue weighted by Crippen LogP contribution is 2.19. The molecule has 1 N–H and O–H groups in total. The second-order valence-corrected chi connectivity index (χ2v) is 8.49. The summed E-state index contributed by atoms with van der Waals surface area (Å²) in [5.74, 6) is -0.0385. The summed E-state index contributed by atoms with van der Waals surface area (Å²) in [4.78, 5) is 32.0. The molecule has 2 aromatic heterocycles. The van der Waals surface area contributed by atoms with Gasteiger partial charge in [-0.3, -0.25) is 14.9 Å². The van der Waals surface area contributed by atoms with Crippen molar-refractivity contribution in [3.05, 3.63) is 33.5 Å². The van der Waals surface area contributed by atoms with E-state index in [-0.39, 0.29) is 24.3 Å². The monoisotopic (exact) mass is 407 g/mol. The minimum absolute atomic E-state index is 0.119. The van der Waals surface area contributed by atoms with Gasteiger partial charge in [0.05, 0.1) is 17.0 Å². The van der Waals surface area contributed by atoms with Gasteiger partial charge >= 0.3 is 0 Å². The molecule has 0 aromatic carbocycles. The van der Waals surface area contributed by atoms with E-state index in [9.17, 15) is 9.59 Å². The van der Waals surface area contributed by atoms with E-state index in [4.69, 9.17) is 0 Å². The van der Waals surface area contributed by atoms with Crippen molar-refractivity contribution in [1.82, 2.24) is 9.88 Å². The smallest absolute Gasteiger partial charge is 0.267 e. The highest BCUT2D eigenvalue weighted by atomic mass is 32.1. The SMILES string of the molecule is CCCCCN(C(=O)Cc1csc(NC(=O)c2cccs2)n1)C(C)CCC. The largest absolute Gasteiger partial charge is 0.340 e. The Morgan fingerprint density at radius 2 is 2.04 bits per heavy atom. The average molecular weight is 408 g/mol. The first-order valence-corrected chi connectivity index (χ1v) is 11.4. The molecule has 0 spiro atoms. The highest BCUT2D eigenvalue weighted by Gasteiger charge is 2.20. The molecule has 5 nitrogen and oxygen atoms in total. The Morgan fingerprint density at radius 1 is 1.22 bits per heavy atom. The number of rotatable bonds is 11. The number of aromatic nitrogens is 1. The summed E-state index contributed by atoms with van der Waals surface area (Å²) < 4.78 is 0. The molecule has 2 rings (SSSR count). The molecule has 27 heavy (non-hydrogen) atoms. The molecule has 0 saturated heterocycles. The topological polar surface area (TPSA) is 62.3 Å². The van der Waals surface area contributed by atoms with Crippen molar-refractivity contribution < 1.29 is 9.59 Å². The van der Waals surface area contributed by atoms with Gasteiger partial charge in [0.15, 0.2) is 5.13 Å². The fourth-order valence-corrected chi connectivity index (χ4v) is 4.29. The number of amides is 2. The van der Waals surface area contributed by atoms with Crippen molar-refractivity contribution in [3.8, 4) is 0 Å². The Balaban J connectivity index is 1.95. The van der Waals surface area contributed by atoms with Crippen LogP contribution in [0.25, 0.3) is 0 Å². The average Bonchev–Trinajstić information content (AvgIpc) is 3.31. The molecule has 7 heteroatoms. The Labute approximate surface area is 169 Å². The molecule has 0 saturated carbocycles. The third-order valence-corrected chi connectivity index (χ3v) is 6.09. The molecular weight excluding hydrogens is 378 g/mol. The van der Waals surface area contributed by atoms with Crippen molar-refractivity contribution >= 4 is 39.6 Å². The van der Waals surface area contributed by atoms with E-state index in [0.29, 0.717) is 10.0 Å². The van der Waals surface area contributed by atoms with Gasteiger partial charge < -0.3 is 4.90 Å². The first-order chi connectivity index (χ1) is 13.0. The number of hydrogen-bond donors (Lipinski definition) is 1. The van der Waals surface area contributed by atoms with Crippen LogP contribution in [0, 0.1) is 0 Å². The second kappa shape index (κ2) is 11.2. The molecule has 148 valence electrons. The predicted octanol–water partition coefficient (Wildman–Crippen LogP) is 5.21. The number of nitrogens with one attached hydrogen (secondary N) is 1. The van der Waals surface area contributed by atoms with E-state index in [1.54, 1.807) is 6.07 Å². The fraction of sp³-hybridized carbons (Fsp3) is 0.550. The van der Waals surface area contributed by atoms with Gasteiger partial charge in [0.2, 0.25) is 5.91 Å². The molecule has 0 aliphatic rings. The predicted molar refractivity (Wildman–Crippen MR) is 114 cm³/mol. The Morgan fingerprint density at radius 3 is 2.70 bits per heavy atom. The summed E-state index contributed by atoms with van der Waals surface area (Å²) in [6, 6.07) is 3.87. The van der Waals surface area contributed by atoms with Gasteiger partial charge in [0.1, 0.15) is 0 Å². The van der Waals surface area contributed by atoms with Gasteiger partial charge in [0.25, 0.3) is 5.91 Å². The van der Waals surface area contributed by atoms with E-state index in [1.165, 1.54) is 22.7 Å². The maximum atomic E-state index is 12.8. The van der Waals surface area contributed by atoms with Gasteiger partial charge in [-0.05, 0) is 31.2 Å². The maximum absolute atomic E-state index is 12.8. The molecule has 0 bridgehead atoms. The van der Waals surface area contributed by atoms with E-state index in [1.807, 2.05) is 21.7 Å². The number of thiophene rings is 1. The minimum atomic E-state index is -0.157. The van der Waals surface area contributed by atoms with Crippen LogP contribution in [0.15, 0.2) is 22.9 Å². The zero-order valence-corrected chi connectivity index (χ0v) is 18.0. The van der Waals surface area contributed by atoms with Gasteiger partial charge in [0, 0.05) is 18.0 Å². The summed E-state index contributed by atoms with van der Waals surface area (Å²) in [7, 11) is 0. The third kappa shape index (κ3) is 6.74. The molecule has 2 amide bonds. The van der Waals surface area contributed by atoms with Crippen molar-refractivity contribution in [2.45, 2.75) is 65.3 Å². The first kappa shape index (κ1) is 21.6. The lowest BCUT2D eigenvalue weighted by Gasteiger charge is -2.29. The van der Waals surface area contributed by atoms with Gasteiger partial charge in [-0.2, -0.15) is 0 Å². The fourth-order valence-electron chi connectivity index (χ4n) is 2.97. The lowest BCUT2D eigenvalue weighted by Crippen LogP contribution is -2.40. The Hall–Kier alpha value is -1.73. The van der Waals surface area contributed by atoms with Crippen LogP contribution in [0.3, 0.4) is 0 Å². The summed E-state index contributed by atoms with van der Waals surface area (Å²) in [6.45, 7) is 7.25. The van der Waals surface area contributed by atoms with Crippen molar-refractivity contribution in [3.63, 3.8) is 0 Å². The van der Waals surface area contributed by atoms with Crippen molar-refractivity contribution in [1.29, 1.82) is 0 Å². The number of unbranched alkanes of at least 4 members (excludes halogenated alkanes) is 2. The Bertz CT molecular complexity index is 713. The summed E-state index contributed by atoms with van der Waals surface area (Å²) in [6.07, 6.45) is 5.67. The molecule has 2 heterocycles. The molecule has 1 unspecified atom stereocenters. The Kier molecular flexibility index (Phi) is 8.94. The van der Waals surface area contributed by atoms with Crippen LogP contribution >= 0.6 is 22.7 Å². The van der Waals surface area contributed by atoms with Crippen LogP contribution in [-0.4, -0.2) is 34.3 Å². The number of hydrogen-bond acceptors (Lipinski definition) is 5. The van der Waals surface area contributed by atoms with E-state index < -0.39 is 0 Å².